The van der Waals surface area contributed by atoms with Crippen molar-refractivity contribution < 1.29 is 28.8 Å². The molecule has 7 heteroatoms. The van der Waals surface area contributed by atoms with Crippen molar-refractivity contribution in [3.63, 3.8) is 0 Å². The van der Waals surface area contributed by atoms with Gasteiger partial charge < -0.3 is 24.1 Å². The zero-order valence-corrected chi connectivity index (χ0v) is 23.2. The summed E-state index contributed by atoms with van der Waals surface area (Å²) in [5.41, 5.74) is 3.09. The van der Waals surface area contributed by atoms with E-state index in [1.54, 1.807) is 19.1 Å². The number of ether oxygens (including phenoxy) is 4. The first-order chi connectivity index (χ1) is 15.9. The van der Waals surface area contributed by atoms with E-state index in [0.717, 1.165) is 0 Å². The zero-order chi connectivity index (χ0) is 26.2. The van der Waals surface area contributed by atoms with Gasteiger partial charge in [0.25, 0.3) is 0 Å². The summed E-state index contributed by atoms with van der Waals surface area (Å²) >= 11 is 0. The van der Waals surface area contributed by atoms with E-state index in [0.29, 0.717) is 16.6 Å². The minimum Gasteiger partial charge on any atom is -0.497 e. The number of carbonyl (C=O) groups excluding carboxylic acids is 1. The normalized spacial score (nSPS) is 19.8. The number of hydrogen-bond donors (Lipinski definition) is 1. The van der Waals surface area contributed by atoms with E-state index in [1.165, 1.54) is 33.5 Å². The molecule has 0 bridgehead atoms. The van der Waals surface area contributed by atoms with Gasteiger partial charge in [-0.1, -0.05) is 59.3 Å². The van der Waals surface area contributed by atoms with Crippen molar-refractivity contribution in [2.45, 2.75) is 76.5 Å². The Labute approximate surface area is 206 Å². The largest absolute Gasteiger partial charge is 0.497 e. The molecule has 1 aliphatic carbocycles. The van der Waals surface area contributed by atoms with Crippen LogP contribution in [0.3, 0.4) is 0 Å². The first kappa shape index (κ1) is 29.7. The second kappa shape index (κ2) is 12.4. The van der Waals surface area contributed by atoms with Crippen LogP contribution < -0.4 is 0 Å². The molecule has 1 atom stereocenters. The number of aliphatic hydroxyl groups is 1. The van der Waals surface area contributed by atoms with Crippen LogP contribution in [0, 0.1) is 23.3 Å². The molecule has 0 aromatic carbocycles. The van der Waals surface area contributed by atoms with Crippen LogP contribution in [0.5, 0.6) is 0 Å². The Bertz CT molecular complexity index is 910. The summed E-state index contributed by atoms with van der Waals surface area (Å²) in [5, 5.41) is 11.5. The summed E-state index contributed by atoms with van der Waals surface area (Å²) in [6.07, 6.45) is 6.03. The van der Waals surface area contributed by atoms with Crippen molar-refractivity contribution >= 4 is 14.0 Å². The Morgan fingerprint density at radius 3 is 2.00 bits per heavy atom. The van der Waals surface area contributed by atoms with Crippen LogP contribution in [0.1, 0.15) is 48.5 Å². The molecule has 0 radical (unpaired) electrons. The molecule has 6 nitrogen and oxygen atoms in total. The van der Waals surface area contributed by atoms with Gasteiger partial charge in [-0.3, -0.25) is 0 Å². The van der Waals surface area contributed by atoms with E-state index < -0.39 is 25.4 Å². The van der Waals surface area contributed by atoms with Crippen LogP contribution in [0.25, 0.3) is 0 Å². The Balaban J connectivity index is 3.44. The van der Waals surface area contributed by atoms with Crippen molar-refractivity contribution in [3.8, 4) is 23.3 Å². The van der Waals surface area contributed by atoms with Gasteiger partial charge in [-0.2, -0.15) is 0 Å². The van der Waals surface area contributed by atoms with E-state index in [4.69, 9.17) is 18.9 Å². The Hall–Kier alpha value is -2.29. The minimum atomic E-state index is -2.03. The predicted molar refractivity (Wildman–Crippen MR) is 137 cm³/mol. The second-order valence-corrected chi connectivity index (χ2v) is 14.7. The fourth-order valence-corrected chi connectivity index (χ4v) is 10.1. The fourth-order valence-electron chi connectivity index (χ4n) is 4.87. The van der Waals surface area contributed by atoms with Gasteiger partial charge in [0.2, 0.25) is 11.4 Å². The van der Waals surface area contributed by atoms with Crippen LogP contribution in [0.4, 0.5) is 0 Å². The number of esters is 1. The number of hydrogen-bond acceptors (Lipinski definition) is 6. The molecule has 1 rings (SSSR count). The lowest BCUT2D eigenvalue weighted by Crippen LogP contribution is -2.59. The van der Waals surface area contributed by atoms with Crippen LogP contribution in [-0.4, -0.2) is 58.5 Å². The van der Waals surface area contributed by atoms with E-state index in [1.807, 2.05) is 0 Å². The lowest BCUT2D eigenvalue weighted by Gasteiger charge is -2.42. The van der Waals surface area contributed by atoms with Gasteiger partial charge in [-0.15, -0.1) is 5.54 Å². The number of methoxy groups -OCH3 is 3. The van der Waals surface area contributed by atoms with Crippen molar-refractivity contribution in [1.29, 1.82) is 0 Å². The summed E-state index contributed by atoms with van der Waals surface area (Å²) in [6, 6.07) is 0. The Kier molecular flexibility index (Phi) is 10.9. The zero-order valence-electron chi connectivity index (χ0n) is 22.2. The fraction of sp³-hybridized carbons (Fsp3) is 0.593. The molecule has 188 valence electrons. The van der Waals surface area contributed by atoms with Crippen molar-refractivity contribution in [2.75, 3.05) is 27.9 Å². The lowest BCUT2D eigenvalue weighted by molar-refractivity contribution is -0.248. The molecule has 0 spiro atoms. The molecule has 0 saturated carbocycles. The average molecular weight is 489 g/mol. The highest BCUT2D eigenvalue weighted by Crippen LogP contribution is 2.41. The Morgan fingerprint density at radius 1 is 1.03 bits per heavy atom. The monoisotopic (exact) mass is 488 g/mol. The molecule has 0 aliphatic heterocycles. The van der Waals surface area contributed by atoms with Gasteiger partial charge in [0.05, 0.1) is 13.7 Å². The van der Waals surface area contributed by atoms with E-state index in [-0.39, 0.29) is 17.9 Å². The van der Waals surface area contributed by atoms with Crippen LogP contribution >= 0.6 is 0 Å². The SMILES string of the molecule is CCOC(=O)C1=CC(OC)=CC(O)(C#C/C=C\C#C[Si](C(C)C)(C(C)C)C(C)C)C1(OC)OC. The molecule has 1 N–H and O–H groups in total. The van der Waals surface area contributed by atoms with Gasteiger partial charge in [0.15, 0.2) is 0 Å². The number of carbonyl (C=O) groups is 1. The minimum absolute atomic E-state index is 0.0548. The topological polar surface area (TPSA) is 74.2 Å². The summed E-state index contributed by atoms with van der Waals surface area (Å²) < 4.78 is 21.5. The molecule has 1 unspecified atom stereocenters. The van der Waals surface area contributed by atoms with Gasteiger partial charge >= 0.3 is 5.97 Å². The van der Waals surface area contributed by atoms with Gasteiger partial charge in [-0.25, -0.2) is 4.79 Å². The summed E-state index contributed by atoms with van der Waals surface area (Å²) in [4.78, 5) is 12.6. The van der Waals surface area contributed by atoms with Crippen molar-refractivity contribution in [2.24, 2.45) is 0 Å². The molecule has 0 amide bonds. The predicted octanol–water partition coefficient (Wildman–Crippen LogP) is 4.52. The smallest absolute Gasteiger partial charge is 0.339 e. The maximum Gasteiger partial charge on any atom is 0.339 e. The van der Waals surface area contributed by atoms with Gasteiger partial charge in [-0.05, 0) is 41.8 Å². The quantitative estimate of drug-likeness (QED) is 0.234. The molecule has 0 heterocycles. The molecule has 0 aromatic rings. The van der Waals surface area contributed by atoms with Crippen molar-refractivity contribution in [3.05, 3.63) is 35.6 Å². The second-order valence-electron chi connectivity index (χ2n) is 9.09. The third kappa shape index (κ3) is 5.67. The first-order valence-corrected chi connectivity index (χ1v) is 13.8. The van der Waals surface area contributed by atoms with E-state index >= 15 is 0 Å². The molecule has 34 heavy (non-hydrogen) atoms. The van der Waals surface area contributed by atoms with Crippen molar-refractivity contribution in [1.82, 2.24) is 0 Å². The number of rotatable bonds is 8. The highest BCUT2D eigenvalue weighted by atomic mass is 28.3. The van der Waals surface area contributed by atoms with Crippen LogP contribution in [0.15, 0.2) is 35.6 Å². The van der Waals surface area contributed by atoms with Gasteiger partial charge in [0, 0.05) is 20.3 Å². The third-order valence-corrected chi connectivity index (χ3v) is 12.8. The molecular formula is C27H40O6Si. The lowest BCUT2D eigenvalue weighted by atomic mass is 9.82. The molecule has 0 saturated heterocycles. The third-order valence-electron chi connectivity index (χ3n) is 6.47. The van der Waals surface area contributed by atoms with Crippen LogP contribution in [0.2, 0.25) is 16.6 Å². The Morgan fingerprint density at radius 2 is 1.56 bits per heavy atom. The molecule has 0 fully saturated rings. The molecule has 0 aromatic heterocycles. The van der Waals surface area contributed by atoms with E-state index in [9.17, 15) is 9.90 Å². The first-order valence-electron chi connectivity index (χ1n) is 11.6. The summed E-state index contributed by atoms with van der Waals surface area (Å²) in [6.45, 7) is 15.4. The highest BCUT2D eigenvalue weighted by molar-refractivity contribution is 6.90. The van der Waals surface area contributed by atoms with Gasteiger partial charge in [0.1, 0.15) is 19.4 Å². The van der Waals surface area contributed by atoms with Crippen LogP contribution in [-0.2, 0) is 23.7 Å². The average Bonchev–Trinajstić information content (AvgIpc) is 2.77. The maximum absolute atomic E-state index is 12.6. The number of allylic oxidation sites excluding steroid dienone is 3. The summed E-state index contributed by atoms with van der Waals surface area (Å²) in [5.74, 6) is 6.40. The molecular weight excluding hydrogens is 448 g/mol. The highest BCUT2D eigenvalue weighted by Gasteiger charge is 2.58. The van der Waals surface area contributed by atoms with E-state index in [2.05, 4.69) is 64.8 Å². The molecule has 1 aliphatic rings. The standard InChI is InChI=1S/C27H40O6Si/c1-11-33-25(28)24-18-23(30-8)19-26(29,27(24,31-9)32-10)16-14-12-13-15-17-34(20(2)3,21(4)5)22(6)7/h12-13,18-22,29H,11H2,1-10H3/b13-12-. The summed E-state index contributed by atoms with van der Waals surface area (Å²) in [7, 11) is 2.23. The maximum atomic E-state index is 12.6.